The Hall–Kier alpha value is -1.06. The zero-order valence-electron chi connectivity index (χ0n) is 14.0. The summed E-state index contributed by atoms with van der Waals surface area (Å²) >= 11 is 0. The van der Waals surface area contributed by atoms with E-state index in [1.54, 1.807) is 6.07 Å². The van der Waals surface area contributed by atoms with Crippen molar-refractivity contribution in [3.05, 3.63) is 29.3 Å². The number of aliphatic hydroxyl groups is 1. The van der Waals surface area contributed by atoms with Crippen LogP contribution in [0, 0.1) is 11.8 Å². The second kappa shape index (κ2) is 5.86. The minimum Gasteiger partial charge on any atom is -0.508 e. The van der Waals surface area contributed by atoms with Gasteiger partial charge < -0.3 is 15.5 Å². The van der Waals surface area contributed by atoms with Gasteiger partial charge in [-0.2, -0.15) is 0 Å². The number of hydrogen-bond donors (Lipinski definition) is 3. The van der Waals surface area contributed by atoms with Crippen molar-refractivity contribution in [2.45, 2.75) is 64.0 Å². The van der Waals surface area contributed by atoms with E-state index in [4.69, 9.17) is 0 Å². The van der Waals surface area contributed by atoms with Crippen molar-refractivity contribution in [3.63, 3.8) is 0 Å². The number of fused-ring (bicyclic) bond motifs is 1. The maximum absolute atomic E-state index is 10.6. The van der Waals surface area contributed by atoms with Crippen molar-refractivity contribution < 1.29 is 10.2 Å². The summed E-state index contributed by atoms with van der Waals surface area (Å²) in [6, 6.07) is 6.29. The van der Waals surface area contributed by atoms with E-state index >= 15 is 0 Å². The largest absolute Gasteiger partial charge is 0.508 e. The van der Waals surface area contributed by atoms with Gasteiger partial charge in [0.05, 0.1) is 6.10 Å². The number of nitrogens with one attached hydrogen (secondary N) is 1. The van der Waals surface area contributed by atoms with Gasteiger partial charge in [-0.1, -0.05) is 19.9 Å². The third kappa shape index (κ3) is 2.26. The summed E-state index contributed by atoms with van der Waals surface area (Å²) in [6.45, 7) is 7.64. The van der Waals surface area contributed by atoms with Gasteiger partial charge in [0.2, 0.25) is 0 Å². The molecule has 1 aromatic rings. The molecular formula is C19H29NO2. The first-order valence-electron chi connectivity index (χ1n) is 8.74. The lowest BCUT2D eigenvalue weighted by Crippen LogP contribution is -2.60. The maximum atomic E-state index is 10.6. The van der Waals surface area contributed by atoms with Gasteiger partial charge in [-0.05, 0) is 74.2 Å². The van der Waals surface area contributed by atoms with Crippen LogP contribution in [0.25, 0.3) is 0 Å². The molecule has 3 rings (SSSR count). The molecule has 5 atom stereocenters. The first kappa shape index (κ1) is 15.8. The van der Waals surface area contributed by atoms with Crippen LogP contribution in [0.5, 0.6) is 5.75 Å². The quantitative estimate of drug-likeness (QED) is 0.787. The number of phenolic OH excluding ortho intramolecular Hbond substituents is 1. The second-order valence-corrected chi connectivity index (χ2v) is 7.27. The molecule has 0 amide bonds. The molecule has 3 N–H and O–H groups in total. The molecule has 22 heavy (non-hydrogen) atoms. The molecule has 1 aromatic carbocycles. The Kier molecular flexibility index (Phi) is 4.21. The Morgan fingerprint density at radius 2 is 2.05 bits per heavy atom. The van der Waals surface area contributed by atoms with Crippen LogP contribution in [-0.4, -0.2) is 28.9 Å². The molecular weight excluding hydrogens is 274 g/mol. The van der Waals surface area contributed by atoms with Crippen molar-refractivity contribution in [1.29, 1.82) is 0 Å². The lowest BCUT2D eigenvalue weighted by atomic mass is 9.51. The predicted molar refractivity (Wildman–Crippen MR) is 89.1 cm³/mol. The smallest absolute Gasteiger partial charge is 0.115 e. The molecule has 3 heteroatoms. The number of aliphatic hydroxyl groups excluding tert-OH is 1. The van der Waals surface area contributed by atoms with Crippen LogP contribution >= 0.6 is 0 Å². The standard InChI is InChI=1S/C19H29NO2/c1-4-14-5-6-15(21)11-17(14)19-9-10-20-13(3)16(19)7-8-18(22)12(19)2/h5-6,11-13,16,18,20-22H,4,7-10H2,1-3H3. The summed E-state index contributed by atoms with van der Waals surface area (Å²) in [5, 5.41) is 24.3. The number of aromatic hydroxyl groups is 1. The first-order valence-corrected chi connectivity index (χ1v) is 8.74. The molecule has 1 aliphatic carbocycles. The molecule has 0 bridgehead atoms. The summed E-state index contributed by atoms with van der Waals surface area (Å²) in [7, 11) is 0. The van der Waals surface area contributed by atoms with Crippen LogP contribution in [0.3, 0.4) is 0 Å². The Morgan fingerprint density at radius 1 is 1.27 bits per heavy atom. The van der Waals surface area contributed by atoms with Gasteiger partial charge in [0.15, 0.2) is 0 Å². The van der Waals surface area contributed by atoms with E-state index in [-0.39, 0.29) is 17.4 Å². The van der Waals surface area contributed by atoms with E-state index in [1.165, 1.54) is 11.1 Å². The SMILES string of the molecule is CCc1ccc(O)cc1C12CCNC(C)C1CCC(O)C2C. The third-order valence-electron chi connectivity index (χ3n) is 6.41. The minimum absolute atomic E-state index is 0.0214. The zero-order valence-corrected chi connectivity index (χ0v) is 14.0. The number of benzene rings is 1. The number of aryl methyl sites for hydroxylation is 1. The fourth-order valence-corrected chi connectivity index (χ4v) is 5.18. The summed E-state index contributed by atoms with van der Waals surface area (Å²) in [5.74, 6) is 1.09. The predicted octanol–water partition coefficient (Wildman–Crippen LogP) is 2.98. The van der Waals surface area contributed by atoms with Crippen molar-refractivity contribution in [2.24, 2.45) is 11.8 Å². The highest BCUT2D eigenvalue weighted by Gasteiger charge is 2.53. The van der Waals surface area contributed by atoms with E-state index in [0.29, 0.717) is 17.7 Å². The van der Waals surface area contributed by atoms with Crippen LogP contribution in [0.1, 0.15) is 51.2 Å². The monoisotopic (exact) mass is 303 g/mol. The van der Waals surface area contributed by atoms with Crippen LogP contribution in [-0.2, 0) is 11.8 Å². The second-order valence-electron chi connectivity index (χ2n) is 7.27. The van der Waals surface area contributed by atoms with Gasteiger partial charge >= 0.3 is 0 Å². The van der Waals surface area contributed by atoms with Crippen LogP contribution in [0.2, 0.25) is 0 Å². The molecule has 2 aliphatic rings. The zero-order chi connectivity index (χ0) is 15.9. The lowest BCUT2D eigenvalue weighted by molar-refractivity contribution is -0.0390. The fourth-order valence-electron chi connectivity index (χ4n) is 5.18. The molecule has 1 heterocycles. The number of piperidine rings is 1. The summed E-state index contributed by atoms with van der Waals surface area (Å²) in [5.41, 5.74) is 2.57. The molecule has 0 aromatic heterocycles. The molecule has 2 fully saturated rings. The van der Waals surface area contributed by atoms with Gasteiger partial charge in [0.25, 0.3) is 0 Å². The van der Waals surface area contributed by atoms with E-state index in [1.807, 2.05) is 6.07 Å². The maximum Gasteiger partial charge on any atom is 0.115 e. The Labute approximate surface area is 133 Å². The van der Waals surface area contributed by atoms with Crippen molar-refractivity contribution >= 4 is 0 Å². The Morgan fingerprint density at radius 3 is 2.77 bits per heavy atom. The lowest BCUT2D eigenvalue weighted by Gasteiger charge is -2.56. The summed E-state index contributed by atoms with van der Waals surface area (Å²) < 4.78 is 0. The fraction of sp³-hybridized carbons (Fsp3) is 0.684. The highest BCUT2D eigenvalue weighted by molar-refractivity contribution is 5.43. The van der Waals surface area contributed by atoms with Gasteiger partial charge in [0.1, 0.15) is 5.75 Å². The average Bonchev–Trinajstić information content (AvgIpc) is 2.51. The highest BCUT2D eigenvalue weighted by atomic mass is 16.3. The number of phenols is 1. The average molecular weight is 303 g/mol. The van der Waals surface area contributed by atoms with Crippen molar-refractivity contribution in [1.82, 2.24) is 5.32 Å². The normalized spacial score (nSPS) is 38.5. The van der Waals surface area contributed by atoms with Gasteiger partial charge in [-0.25, -0.2) is 0 Å². The highest BCUT2D eigenvalue weighted by Crippen LogP contribution is 2.53. The van der Waals surface area contributed by atoms with Crippen LogP contribution < -0.4 is 5.32 Å². The molecule has 122 valence electrons. The van der Waals surface area contributed by atoms with Crippen LogP contribution in [0.4, 0.5) is 0 Å². The first-order chi connectivity index (χ1) is 10.5. The van der Waals surface area contributed by atoms with E-state index in [2.05, 4.69) is 32.2 Å². The molecule has 1 aliphatic heterocycles. The molecule has 1 saturated carbocycles. The molecule has 0 spiro atoms. The van der Waals surface area contributed by atoms with Gasteiger partial charge in [-0.3, -0.25) is 0 Å². The number of hydrogen-bond acceptors (Lipinski definition) is 3. The summed E-state index contributed by atoms with van der Waals surface area (Å²) in [4.78, 5) is 0. The Balaban J connectivity index is 2.18. The van der Waals surface area contributed by atoms with Crippen LogP contribution in [0.15, 0.2) is 18.2 Å². The van der Waals surface area contributed by atoms with E-state index in [9.17, 15) is 10.2 Å². The topological polar surface area (TPSA) is 52.5 Å². The number of rotatable bonds is 2. The minimum atomic E-state index is -0.242. The van der Waals surface area contributed by atoms with E-state index < -0.39 is 0 Å². The molecule has 3 nitrogen and oxygen atoms in total. The molecule has 0 radical (unpaired) electrons. The third-order valence-corrected chi connectivity index (χ3v) is 6.41. The van der Waals surface area contributed by atoms with Gasteiger partial charge in [-0.15, -0.1) is 0 Å². The van der Waals surface area contributed by atoms with Crippen molar-refractivity contribution in [2.75, 3.05) is 6.54 Å². The molecule has 1 saturated heterocycles. The molecule has 5 unspecified atom stereocenters. The van der Waals surface area contributed by atoms with E-state index in [0.717, 1.165) is 32.2 Å². The van der Waals surface area contributed by atoms with Gasteiger partial charge in [0, 0.05) is 11.5 Å². The van der Waals surface area contributed by atoms with Crippen molar-refractivity contribution in [3.8, 4) is 5.75 Å². The Bertz CT molecular complexity index is 544. The summed E-state index contributed by atoms with van der Waals surface area (Å²) in [6.07, 6.45) is 3.71.